The van der Waals surface area contributed by atoms with Crippen molar-refractivity contribution in [2.45, 2.75) is 37.1 Å². The highest BCUT2D eigenvalue weighted by Gasteiger charge is 2.48. The maximum Gasteiger partial charge on any atom is 0.0714 e. The number of rotatable bonds is 7. The van der Waals surface area contributed by atoms with Crippen molar-refractivity contribution >= 4 is 16.9 Å². The first-order valence-electron chi connectivity index (χ1n) is 21.0. The number of allylic oxidation sites excluding steroid dienone is 2. The third-order valence-corrected chi connectivity index (χ3v) is 13.3. The maximum atomic E-state index is 2.66. The lowest BCUT2D eigenvalue weighted by Crippen LogP contribution is -2.33. The van der Waals surface area contributed by atoms with Crippen LogP contribution in [0.3, 0.4) is 0 Å². The molecule has 1 unspecified atom stereocenters. The van der Waals surface area contributed by atoms with Crippen molar-refractivity contribution < 1.29 is 0 Å². The summed E-state index contributed by atoms with van der Waals surface area (Å²) in [4.78, 5) is 2.66. The molecule has 0 heterocycles. The number of anilines is 2. The van der Waals surface area contributed by atoms with E-state index in [9.17, 15) is 0 Å². The second kappa shape index (κ2) is 13.9. The van der Waals surface area contributed by atoms with Gasteiger partial charge in [-0.25, -0.2) is 0 Å². The van der Waals surface area contributed by atoms with E-state index < -0.39 is 5.41 Å². The molecule has 0 bridgehead atoms. The van der Waals surface area contributed by atoms with Crippen LogP contribution in [0.1, 0.15) is 53.6 Å². The Morgan fingerprint density at radius 3 is 1.68 bits per heavy atom. The van der Waals surface area contributed by atoms with E-state index in [1.165, 1.54) is 89.3 Å². The number of hydrogen-bond donors (Lipinski definition) is 0. The van der Waals surface area contributed by atoms with Crippen LogP contribution in [0.4, 0.5) is 11.4 Å². The summed E-state index contributed by atoms with van der Waals surface area (Å²) in [5.41, 5.74) is 20.1. The summed E-state index contributed by atoms with van der Waals surface area (Å²) >= 11 is 0. The lowest BCUT2D eigenvalue weighted by Gasteiger charge is -2.38. The second-order valence-corrected chi connectivity index (χ2v) is 16.8. The van der Waals surface area contributed by atoms with Crippen molar-refractivity contribution in [2.75, 3.05) is 4.90 Å². The molecule has 1 atom stereocenters. The minimum Gasteiger partial charge on any atom is -0.334 e. The number of fused-ring (bicyclic) bond motifs is 6. The molecule has 0 saturated heterocycles. The molecule has 8 aromatic rings. The zero-order valence-corrected chi connectivity index (χ0v) is 33.5. The van der Waals surface area contributed by atoms with E-state index in [-0.39, 0.29) is 11.5 Å². The van der Waals surface area contributed by atoms with Gasteiger partial charge < -0.3 is 4.90 Å². The molecule has 1 heteroatoms. The van der Waals surface area contributed by atoms with E-state index in [4.69, 9.17) is 0 Å². The molecule has 0 radical (unpaired) electrons. The topological polar surface area (TPSA) is 3.24 Å². The molecule has 0 spiro atoms. The first-order valence-corrected chi connectivity index (χ1v) is 21.0. The van der Waals surface area contributed by atoms with Crippen LogP contribution in [0.5, 0.6) is 0 Å². The van der Waals surface area contributed by atoms with Crippen molar-refractivity contribution in [2.24, 2.45) is 0 Å². The van der Waals surface area contributed by atoms with Crippen LogP contribution in [0.2, 0.25) is 0 Å². The summed E-state index contributed by atoms with van der Waals surface area (Å²) < 4.78 is 0. The largest absolute Gasteiger partial charge is 0.334 e. The average Bonchev–Trinajstić information content (AvgIpc) is 3.74. The fourth-order valence-corrected chi connectivity index (χ4v) is 10.6. The van der Waals surface area contributed by atoms with Crippen LogP contribution in [0.15, 0.2) is 224 Å². The number of benzene rings is 8. The molecule has 11 rings (SSSR count). The average molecular weight is 756 g/mol. The standard InChI is InChI=1S/C58H45N/c1-57(2)51-28-14-12-26-48(51)49-37-36-47(39-54(49)57)59(46-25-16-20-43(38-46)42-34-32-41(33-35-42)40-18-6-3-7-19-40)55-31-17-30-53-56(55)50-27-13-15-29-52(50)58(53,44-21-8-4-9-22-44)45-23-10-5-11-24-45/h3-35,37-39,47H,36H2,1-2H3. The highest BCUT2D eigenvalue weighted by molar-refractivity contribution is 5.96. The Labute approximate surface area is 348 Å². The normalized spacial score (nSPS) is 16.5. The van der Waals surface area contributed by atoms with E-state index >= 15 is 0 Å². The van der Waals surface area contributed by atoms with Crippen LogP contribution in [-0.2, 0) is 10.8 Å². The first kappa shape index (κ1) is 35.2. The van der Waals surface area contributed by atoms with Gasteiger partial charge in [0, 0.05) is 22.4 Å². The quantitative estimate of drug-likeness (QED) is 0.157. The van der Waals surface area contributed by atoms with Gasteiger partial charge in [-0.2, -0.15) is 0 Å². The van der Waals surface area contributed by atoms with Crippen LogP contribution in [0, 0.1) is 0 Å². The van der Waals surface area contributed by atoms with Gasteiger partial charge in [-0.1, -0.05) is 214 Å². The molecule has 3 aliphatic rings. The Hall–Kier alpha value is -6.96. The van der Waals surface area contributed by atoms with Gasteiger partial charge in [0.15, 0.2) is 0 Å². The monoisotopic (exact) mass is 755 g/mol. The minimum absolute atomic E-state index is 0.0835. The van der Waals surface area contributed by atoms with Gasteiger partial charge >= 0.3 is 0 Å². The zero-order valence-electron chi connectivity index (χ0n) is 33.5. The summed E-state index contributed by atoms with van der Waals surface area (Å²) in [6, 6.07) is 76.5. The molecule has 282 valence electrons. The predicted molar refractivity (Wildman–Crippen MR) is 247 cm³/mol. The predicted octanol–water partition coefficient (Wildman–Crippen LogP) is 14.6. The van der Waals surface area contributed by atoms with Crippen LogP contribution >= 0.6 is 0 Å². The van der Waals surface area contributed by atoms with E-state index in [1.54, 1.807) is 0 Å². The minimum atomic E-state index is -0.480. The lowest BCUT2D eigenvalue weighted by atomic mass is 9.68. The Morgan fingerprint density at radius 2 is 0.983 bits per heavy atom. The molecule has 0 aromatic heterocycles. The molecule has 0 amide bonds. The molecule has 0 fully saturated rings. The molecule has 0 saturated carbocycles. The Balaban J connectivity index is 1.13. The molecule has 1 nitrogen and oxygen atoms in total. The Kier molecular flexibility index (Phi) is 8.27. The number of hydrogen-bond acceptors (Lipinski definition) is 1. The van der Waals surface area contributed by atoms with Crippen LogP contribution in [0.25, 0.3) is 39.0 Å². The number of nitrogens with zero attached hydrogens (tertiary/aromatic N) is 1. The molecule has 59 heavy (non-hydrogen) atoms. The van der Waals surface area contributed by atoms with Crippen molar-refractivity contribution in [3.63, 3.8) is 0 Å². The van der Waals surface area contributed by atoms with Crippen molar-refractivity contribution in [1.29, 1.82) is 0 Å². The SMILES string of the molecule is CC1(C)C2=CC(N(c3cccc(-c4ccc(-c5ccccc5)cc4)c3)c3cccc4c3-c3ccccc3C4(c3ccccc3)c3ccccc3)CC=C2c2ccccc21. The van der Waals surface area contributed by atoms with Crippen molar-refractivity contribution in [1.82, 2.24) is 0 Å². The summed E-state index contributed by atoms with van der Waals surface area (Å²) in [7, 11) is 0. The molecule has 8 aromatic carbocycles. The van der Waals surface area contributed by atoms with Gasteiger partial charge in [0.25, 0.3) is 0 Å². The van der Waals surface area contributed by atoms with E-state index in [2.05, 4.69) is 237 Å². The third kappa shape index (κ3) is 5.45. The molecular weight excluding hydrogens is 711 g/mol. The van der Waals surface area contributed by atoms with Gasteiger partial charge in [0.05, 0.1) is 11.5 Å². The Morgan fingerprint density at radius 1 is 0.458 bits per heavy atom. The first-order chi connectivity index (χ1) is 29.0. The fraction of sp³-hybridized carbons (Fsp3) is 0.103. The Bertz CT molecular complexity index is 2880. The highest BCUT2D eigenvalue weighted by atomic mass is 15.2. The summed E-state index contributed by atoms with van der Waals surface area (Å²) in [5, 5.41) is 0. The lowest BCUT2D eigenvalue weighted by molar-refractivity contribution is 0.644. The van der Waals surface area contributed by atoms with Crippen LogP contribution < -0.4 is 4.90 Å². The molecule has 0 N–H and O–H groups in total. The molecule has 0 aliphatic heterocycles. The maximum absolute atomic E-state index is 2.66. The smallest absolute Gasteiger partial charge is 0.0714 e. The van der Waals surface area contributed by atoms with Gasteiger partial charge in [-0.15, -0.1) is 0 Å². The fourth-order valence-electron chi connectivity index (χ4n) is 10.6. The summed E-state index contributed by atoms with van der Waals surface area (Å²) in [5.74, 6) is 0. The van der Waals surface area contributed by atoms with Gasteiger partial charge in [-0.05, 0) is 97.0 Å². The third-order valence-electron chi connectivity index (χ3n) is 13.3. The molecule has 3 aliphatic carbocycles. The van der Waals surface area contributed by atoms with Crippen LogP contribution in [-0.4, -0.2) is 6.04 Å². The summed E-state index contributed by atoms with van der Waals surface area (Å²) in [6.45, 7) is 4.80. The van der Waals surface area contributed by atoms with E-state index in [0.717, 1.165) is 6.42 Å². The van der Waals surface area contributed by atoms with Crippen molar-refractivity contribution in [3.8, 4) is 33.4 Å². The van der Waals surface area contributed by atoms with E-state index in [0.29, 0.717) is 0 Å². The van der Waals surface area contributed by atoms with Gasteiger partial charge in [-0.3, -0.25) is 0 Å². The second-order valence-electron chi connectivity index (χ2n) is 16.8. The van der Waals surface area contributed by atoms with E-state index in [1.807, 2.05) is 0 Å². The van der Waals surface area contributed by atoms with Crippen molar-refractivity contribution in [3.05, 3.63) is 257 Å². The zero-order chi connectivity index (χ0) is 39.6. The summed E-state index contributed by atoms with van der Waals surface area (Å²) in [6.07, 6.45) is 6.01. The highest BCUT2D eigenvalue weighted by Crippen LogP contribution is 2.60. The van der Waals surface area contributed by atoms with Gasteiger partial charge in [0.2, 0.25) is 0 Å². The van der Waals surface area contributed by atoms with Gasteiger partial charge in [0.1, 0.15) is 0 Å². The molecular formula is C58H45N.